The van der Waals surface area contributed by atoms with Gasteiger partial charge in [-0.3, -0.25) is 4.98 Å². The lowest BCUT2D eigenvalue weighted by Crippen LogP contribution is -1.89. The predicted octanol–water partition coefficient (Wildman–Crippen LogP) is 6.16. The first-order chi connectivity index (χ1) is 11.3. The van der Waals surface area contributed by atoms with E-state index in [1.54, 1.807) is 12.1 Å². The largest absolute Gasteiger partial charge is 0.256 e. The summed E-state index contributed by atoms with van der Waals surface area (Å²) in [6.07, 6.45) is 8.02. The fraction of sp³-hybridized carbons (Fsp3) is 0.286. The Morgan fingerprint density at radius 3 is 2.65 bits per heavy atom. The highest BCUT2D eigenvalue weighted by atomic mass is 19.1. The average molecular weight is 307 g/mol. The maximum absolute atomic E-state index is 13.4. The molecule has 3 rings (SSSR count). The van der Waals surface area contributed by atoms with Crippen LogP contribution < -0.4 is 0 Å². The predicted molar refractivity (Wildman–Crippen MR) is 95.0 cm³/mol. The molecular weight excluding hydrogens is 285 g/mol. The third-order valence-corrected chi connectivity index (χ3v) is 4.22. The Morgan fingerprint density at radius 2 is 1.83 bits per heavy atom. The summed E-state index contributed by atoms with van der Waals surface area (Å²) in [5.74, 6) is -0.215. The van der Waals surface area contributed by atoms with Crippen molar-refractivity contribution in [2.24, 2.45) is 0 Å². The molecule has 1 aromatic heterocycles. The van der Waals surface area contributed by atoms with Crippen molar-refractivity contribution in [2.75, 3.05) is 0 Å². The van der Waals surface area contributed by atoms with Crippen LogP contribution in [0.5, 0.6) is 0 Å². The molecule has 2 aromatic carbocycles. The number of hydrogen-bond acceptors (Lipinski definition) is 1. The highest BCUT2D eigenvalue weighted by Gasteiger charge is 2.03. The summed E-state index contributed by atoms with van der Waals surface area (Å²) in [6, 6.07) is 15.2. The summed E-state index contributed by atoms with van der Waals surface area (Å²) in [5.41, 5.74) is 4.17. The molecule has 0 saturated carbocycles. The molecule has 0 aliphatic heterocycles. The number of nitrogens with zero attached hydrogens (tertiary/aromatic N) is 1. The van der Waals surface area contributed by atoms with Crippen molar-refractivity contribution < 1.29 is 4.39 Å². The fourth-order valence-electron chi connectivity index (χ4n) is 2.92. The minimum Gasteiger partial charge on any atom is -0.256 e. The first kappa shape index (κ1) is 15.7. The molecule has 0 radical (unpaired) electrons. The van der Waals surface area contributed by atoms with Gasteiger partial charge in [-0.1, -0.05) is 44.4 Å². The lowest BCUT2D eigenvalue weighted by Gasteiger charge is -2.06. The summed E-state index contributed by atoms with van der Waals surface area (Å²) < 4.78 is 13.4. The van der Waals surface area contributed by atoms with E-state index in [0.29, 0.717) is 0 Å². The van der Waals surface area contributed by atoms with Crippen molar-refractivity contribution in [3.8, 4) is 11.1 Å². The van der Waals surface area contributed by atoms with E-state index in [0.717, 1.165) is 28.5 Å². The van der Waals surface area contributed by atoms with Crippen molar-refractivity contribution in [3.63, 3.8) is 0 Å². The lowest BCUT2D eigenvalue weighted by atomic mass is 10.0. The molecule has 1 heterocycles. The summed E-state index contributed by atoms with van der Waals surface area (Å²) in [6.45, 7) is 2.23. The molecule has 2 heteroatoms. The van der Waals surface area contributed by atoms with Gasteiger partial charge in [-0.2, -0.15) is 0 Å². The standard InChI is InChI=1S/C21H22FN/c1-2-3-4-5-7-16-10-11-21-18(12-16)13-19(15-23-21)17-8-6-9-20(22)14-17/h6,8-15H,2-5,7H2,1H3. The van der Waals surface area contributed by atoms with E-state index in [-0.39, 0.29) is 5.82 Å². The van der Waals surface area contributed by atoms with Crippen LogP contribution in [0.3, 0.4) is 0 Å². The third-order valence-electron chi connectivity index (χ3n) is 4.22. The number of aromatic nitrogens is 1. The minimum atomic E-state index is -0.215. The van der Waals surface area contributed by atoms with Gasteiger partial charge in [-0.05, 0) is 54.3 Å². The highest BCUT2D eigenvalue weighted by molar-refractivity contribution is 5.84. The molecular formula is C21H22FN. The van der Waals surface area contributed by atoms with Crippen LogP contribution in [0.25, 0.3) is 22.0 Å². The number of unbranched alkanes of at least 4 members (excludes halogenated alkanes) is 3. The van der Waals surface area contributed by atoms with Crippen molar-refractivity contribution in [2.45, 2.75) is 39.0 Å². The van der Waals surface area contributed by atoms with Crippen LogP contribution in [0.4, 0.5) is 4.39 Å². The SMILES string of the molecule is CCCCCCc1ccc2ncc(-c3cccc(F)c3)cc2c1. The second-order valence-electron chi connectivity index (χ2n) is 6.07. The van der Waals surface area contributed by atoms with E-state index in [4.69, 9.17) is 0 Å². The van der Waals surface area contributed by atoms with Gasteiger partial charge in [0.2, 0.25) is 0 Å². The number of pyridine rings is 1. The van der Waals surface area contributed by atoms with Gasteiger partial charge in [0.05, 0.1) is 5.52 Å². The van der Waals surface area contributed by atoms with Crippen molar-refractivity contribution >= 4 is 10.9 Å². The zero-order chi connectivity index (χ0) is 16.1. The monoisotopic (exact) mass is 307 g/mol. The third kappa shape index (κ3) is 3.95. The smallest absolute Gasteiger partial charge is 0.123 e. The van der Waals surface area contributed by atoms with Crippen LogP contribution in [-0.4, -0.2) is 4.98 Å². The van der Waals surface area contributed by atoms with Gasteiger partial charge in [0, 0.05) is 17.1 Å². The quantitative estimate of drug-likeness (QED) is 0.497. The molecule has 23 heavy (non-hydrogen) atoms. The van der Waals surface area contributed by atoms with Crippen LogP contribution in [-0.2, 0) is 6.42 Å². The van der Waals surface area contributed by atoms with Gasteiger partial charge < -0.3 is 0 Å². The van der Waals surface area contributed by atoms with Crippen molar-refractivity contribution in [1.29, 1.82) is 0 Å². The molecule has 0 aliphatic carbocycles. The number of halogens is 1. The van der Waals surface area contributed by atoms with E-state index in [2.05, 4.69) is 36.2 Å². The van der Waals surface area contributed by atoms with Crippen LogP contribution in [0.2, 0.25) is 0 Å². The van der Waals surface area contributed by atoms with Crippen LogP contribution in [0, 0.1) is 5.82 Å². The van der Waals surface area contributed by atoms with E-state index >= 15 is 0 Å². The van der Waals surface area contributed by atoms with E-state index in [1.807, 2.05) is 12.3 Å². The van der Waals surface area contributed by atoms with Gasteiger partial charge in [0.15, 0.2) is 0 Å². The first-order valence-electron chi connectivity index (χ1n) is 8.41. The molecule has 0 N–H and O–H groups in total. The topological polar surface area (TPSA) is 12.9 Å². The Balaban J connectivity index is 1.85. The summed E-state index contributed by atoms with van der Waals surface area (Å²) in [5, 5.41) is 1.12. The molecule has 0 bridgehead atoms. The first-order valence-corrected chi connectivity index (χ1v) is 8.41. The zero-order valence-corrected chi connectivity index (χ0v) is 13.6. The van der Waals surface area contributed by atoms with E-state index < -0.39 is 0 Å². The molecule has 0 spiro atoms. The molecule has 3 aromatic rings. The summed E-state index contributed by atoms with van der Waals surface area (Å²) in [7, 11) is 0. The molecule has 0 unspecified atom stereocenters. The maximum Gasteiger partial charge on any atom is 0.123 e. The Bertz CT molecular complexity index is 795. The van der Waals surface area contributed by atoms with Crippen molar-refractivity contribution in [3.05, 3.63) is 66.1 Å². The number of benzene rings is 2. The summed E-state index contributed by atoms with van der Waals surface area (Å²) in [4.78, 5) is 4.52. The summed E-state index contributed by atoms with van der Waals surface area (Å²) >= 11 is 0. The molecule has 0 aliphatic rings. The van der Waals surface area contributed by atoms with Gasteiger partial charge >= 0.3 is 0 Å². The van der Waals surface area contributed by atoms with E-state index in [9.17, 15) is 4.39 Å². The van der Waals surface area contributed by atoms with Gasteiger partial charge in [-0.25, -0.2) is 4.39 Å². The molecule has 0 amide bonds. The van der Waals surface area contributed by atoms with Crippen molar-refractivity contribution in [1.82, 2.24) is 4.98 Å². The lowest BCUT2D eigenvalue weighted by molar-refractivity contribution is 0.628. The minimum absolute atomic E-state index is 0.215. The number of hydrogen-bond donors (Lipinski definition) is 0. The molecule has 0 atom stereocenters. The Hall–Kier alpha value is -2.22. The second-order valence-corrected chi connectivity index (χ2v) is 6.07. The molecule has 0 fully saturated rings. The Labute approximate surface area is 137 Å². The fourth-order valence-corrected chi connectivity index (χ4v) is 2.92. The van der Waals surface area contributed by atoms with Gasteiger partial charge in [0.25, 0.3) is 0 Å². The van der Waals surface area contributed by atoms with Gasteiger partial charge in [-0.15, -0.1) is 0 Å². The van der Waals surface area contributed by atoms with Crippen LogP contribution in [0.15, 0.2) is 54.7 Å². The number of aryl methyl sites for hydroxylation is 1. The van der Waals surface area contributed by atoms with Gasteiger partial charge in [0.1, 0.15) is 5.82 Å². The average Bonchev–Trinajstić information content (AvgIpc) is 2.58. The number of fused-ring (bicyclic) bond motifs is 1. The zero-order valence-electron chi connectivity index (χ0n) is 13.6. The van der Waals surface area contributed by atoms with Crippen LogP contribution in [0.1, 0.15) is 38.2 Å². The Morgan fingerprint density at radius 1 is 0.913 bits per heavy atom. The normalized spacial score (nSPS) is 11.0. The second kappa shape index (κ2) is 7.36. The number of rotatable bonds is 6. The van der Waals surface area contributed by atoms with Crippen LogP contribution >= 0.6 is 0 Å². The molecule has 0 saturated heterocycles. The maximum atomic E-state index is 13.4. The molecule has 1 nitrogen and oxygen atoms in total. The highest BCUT2D eigenvalue weighted by Crippen LogP contribution is 2.24. The Kier molecular flexibility index (Phi) is 5.02. The van der Waals surface area contributed by atoms with E-state index in [1.165, 1.54) is 37.3 Å². The molecule has 118 valence electrons.